The van der Waals surface area contributed by atoms with Gasteiger partial charge in [0.15, 0.2) is 0 Å². The van der Waals surface area contributed by atoms with Gasteiger partial charge in [-0.15, -0.1) is 6.58 Å². The molecule has 0 unspecified atom stereocenters. The van der Waals surface area contributed by atoms with E-state index in [4.69, 9.17) is 5.73 Å². The van der Waals surface area contributed by atoms with E-state index in [0.717, 1.165) is 3.57 Å². The highest BCUT2D eigenvalue weighted by Crippen LogP contribution is 2.22. The lowest BCUT2D eigenvalue weighted by Gasteiger charge is -2.07. The fourth-order valence-corrected chi connectivity index (χ4v) is 1.24. The molecule has 3 N–H and O–H groups in total. The molecule has 3 nitrogen and oxygen atoms in total. The van der Waals surface area contributed by atoms with E-state index in [0.29, 0.717) is 5.69 Å². The Morgan fingerprint density at radius 3 is 2.92 bits per heavy atom. The Hall–Kier alpha value is -0.620. The number of hydrogen-bond donors (Lipinski definition) is 2. The summed E-state index contributed by atoms with van der Waals surface area (Å²) in [6, 6.07) is 1.22. The number of aromatic hydroxyl groups is 1. The van der Waals surface area contributed by atoms with Crippen molar-refractivity contribution in [1.29, 1.82) is 0 Å². The van der Waals surface area contributed by atoms with Crippen LogP contribution in [0.15, 0.2) is 24.9 Å². The number of rotatable bonds is 2. The van der Waals surface area contributed by atoms with Gasteiger partial charge in [-0.05, 0) is 28.7 Å². The minimum Gasteiger partial charge on any atom is -0.506 e. The SMILES string of the molecule is C=C[C@@H](N)c1ncc(I)cc1O. The summed E-state index contributed by atoms with van der Waals surface area (Å²) < 4.78 is 0.880. The third-order valence-corrected chi connectivity index (χ3v) is 2.02. The molecule has 4 heteroatoms. The molecule has 0 aliphatic carbocycles. The van der Waals surface area contributed by atoms with E-state index in [2.05, 4.69) is 34.2 Å². The first-order chi connectivity index (χ1) is 5.65. The predicted molar refractivity (Wildman–Crippen MR) is 55.7 cm³/mol. The lowest BCUT2D eigenvalue weighted by molar-refractivity contribution is 0.460. The molecule has 64 valence electrons. The quantitative estimate of drug-likeness (QED) is 0.637. The van der Waals surface area contributed by atoms with Gasteiger partial charge in [0, 0.05) is 9.77 Å². The maximum atomic E-state index is 9.40. The van der Waals surface area contributed by atoms with Crippen LogP contribution in [0.4, 0.5) is 0 Å². The maximum absolute atomic E-state index is 9.40. The summed E-state index contributed by atoms with van der Waals surface area (Å²) in [6.07, 6.45) is 3.19. The second-order valence-corrected chi connectivity index (χ2v) is 3.57. The highest BCUT2D eigenvalue weighted by atomic mass is 127. The Bertz CT molecular complexity index is 301. The van der Waals surface area contributed by atoms with E-state index in [1.165, 1.54) is 6.08 Å². The third kappa shape index (κ3) is 1.95. The molecule has 0 aliphatic rings. The Kier molecular flexibility index (Phi) is 3.05. The number of nitrogens with two attached hydrogens (primary N) is 1. The number of halogens is 1. The molecular formula is C8H9IN2O. The molecule has 0 radical (unpaired) electrons. The summed E-state index contributed by atoms with van der Waals surface area (Å²) in [7, 11) is 0. The van der Waals surface area contributed by atoms with Crippen molar-refractivity contribution >= 4 is 22.6 Å². The van der Waals surface area contributed by atoms with Crippen LogP contribution < -0.4 is 5.73 Å². The molecule has 1 atom stereocenters. The molecule has 0 bridgehead atoms. The van der Waals surface area contributed by atoms with Gasteiger partial charge < -0.3 is 10.8 Å². The largest absolute Gasteiger partial charge is 0.506 e. The average molecular weight is 276 g/mol. The van der Waals surface area contributed by atoms with Crippen LogP contribution in [0, 0.1) is 3.57 Å². The van der Waals surface area contributed by atoms with Gasteiger partial charge in [0.1, 0.15) is 11.4 Å². The van der Waals surface area contributed by atoms with Crippen molar-refractivity contribution in [3.05, 3.63) is 34.2 Å². The van der Waals surface area contributed by atoms with Crippen LogP contribution in [0.3, 0.4) is 0 Å². The number of hydrogen-bond acceptors (Lipinski definition) is 3. The monoisotopic (exact) mass is 276 g/mol. The fourth-order valence-electron chi connectivity index (χ4n) is 0.808. The highest BCUT2D eigenvalue weighted by Gasteiger charge is 2.08. The summed E-state index contributed by atoms with van der Waals surface area (Å²) in [5.41, 5.74) is 6.07. The first kappa shape index (κ1) is 9.47. The molecule has 1 aromatic heterocycles. The minimum atomic E-state index is -0.401. The van der Waals surface area contributed by atoms with E-state index in [9.17, 15) is 5.11 Å². The normalized spacial score (nSPS) is 12.5. The molecule has 0 aliphatic heterocycles. The van der Waals surface area contributed by atoms with Crippen LogP contribution in [0.5, 0.6) is 5.75 Å². The van der Waals surface area contributed by atoms with Gasteiger partial charge in [-0.25, -0.2) is 0 Å². The lowest BCUT2D eigenvalue weighted by Crippen LogP contribution is -2.08. The second-order valence-electron chi connectivity index (χ2n) is 2.32. The summed E-state index contributed by atoms with van der Waals surface area (Å²) in [4.78, 5) is 3.99. The summed E-state index contributed by atoms with van der Waals surface area (Å²) >= 11 is 2.07. The van der Waals surface area contributed by atoms with Crippen LogP contribution in [0.2, 0.25) is 0 Å². The second kappa shape index (κ2) is 3.86. The molecule has 12 heavy (non-hydrogen) atoms. The van der Waals surface area contributed by atoms with E-state index < -0.39 is 6.04 Å². The van der Waals surface area contributed by atoms with Crippen molar-refractivity contribution in [3.8, 4) is 5.75 Å². The van der Waals surface area contributed by atoms with Crippen LogP contribution in [-0.4, -0.2) is 10.1 Å². The van der Waals surface area contributed by atoms with Crippen molar-refractivity contribution in [1.82, 2.24) is 4.98 Å². The topological polar surface area (TPSA) is 59.1 Å². The van der Waals surface area contributed by atoms with Crippen LogP contribution >= 0.6 is 22.6 Å². The van der Waals surface area contributed by atoms with Gasteiger partial charge in [0.05, 0.1) is 6.04 Å². The predicted octanol–water partition coefficient (Wildman–Crippen LogP) is 1.58. The molecule has 0 aromatic carbocycles. The van der Waals surface area contributed by atoms with Gasteiger partial charge in [-0.1, -0.05) is 6.08 Å². The first-order valence-electron chi connectivity index (χ1n) is 3.37. The smallest absolute Gasteiger partial charge is 0.140 e. The van der Waals surface area contributed by atoms with Gasteiger partial charge >= 0.3 is 0 Å². The van der Waals surface area contributed by atoms with E-state index in [1.807, 2.05) is 0 Å². The zero-order valence-electron chi connectivity index (χ0n) is 6.37. The molecule has 1 rings (SSSR count). The lowest BCUT2D eigenvalue weighted by atomic mass is 10.2. The van der Waals surface area contributed by atoms with Crippen LogP contribution in [0.25, 0.3) is 0 Å². The van der Waals surface area contributed by atoms with Gasteiger partial charge in [-0.3, -0.25) is 4.98 Å². The standard InChI is InChI=1S/C8H9IN2O/c1-2-6(10)8-7(12)3-5(9)4-11-8/h2-4,6,12H,1,10H2/t6-/m1/s1. The van der Waals surface area contributed by atoms with Crippen molar-refractivity contribution in [3.63, 3.8) is 0 Å². The van der Waals surface area contributed by atoms with E-state index in [-0.39, 0.29) is 5.75 Å². The minimum absolute atomic E-state index is 0.120. The molecule has 1 aromatic rings. The molecule has 1 heterocycles. The Balaban J connectivity index is 3.09. The molecule has 0 fully saturated rings. The van der Waals surface area contributed by atoms with Crippen LogP contribution in [-0.2, 0) is 0 Å². The molecule has 0 amide bonds. The molecule has 0 saturated carbocycles. The summed E-state index contributed by atoms with van der Waals surface area (Å²) in [6.45, 7) is 3.52. The highest BCUT2D eigenvalue weighted by molar-refractivity contribution is 14.1. The third-order valence-electron chi connectivity index (χ3n) is 1.43. The number of pyridine rings is 1. The summed E-state index contributed by atoms with van der Waals surface area (Å²) in [5, 5.41) is 9.40. The van der Waals surface area contributed by atoms with Gasteiger partial charge in [0.2, 0.25) is 0 Å². The average Bonchev–Trinajstić information content (AvgIpc) is 2.03. The Morgan fingerprint density at radius 2 is 2.42 bits per heavy atom. The molecule has 0 saturated heterocycles. The molecular weight excluding hydrogens is 267 g/mol. The fraction of sp³-hybridized carbons (Fsp3) is 0.125. The van der Waals surface area contributed by atoms with Gasteiger partial charge in [0.25, 0.3) is 0 Å². The van der Waals surface area contributed by atoms with Crippen molar-refractivity contribution in [2.75, 3.05) is 0 Å². The van der Waals surface area contributed by atoms with Crippen molar-refractivity contribution in [2.24, 2.45) is 5.73 Å². The number of aromatic nitrogens is 1. The zero-order chi connectivity index (χ0) is 9.14. The maximum Gasteiger partial charge on any atom is 0.140 e. The Morgan fingerprint density at radius 1 is 1.75 bits per heavy atom. The van der Waals surface area contributed by atoms with Gasteiger partial charge in [-0.2, -0.15) is 0 Å². The number of nitrogens with zero attached hydrogens (tertiary/aromatic N) is 1. The van der Waals surface area contributed by atoms with E-state index in [1.54, 1.807) is 12.3 Å². The summed E-state index contributed by atoms with van der Waals surface area (Å²) in [5.74, 6) is 0.120. The zero-order valence-corrected chi connectivity index (χ0v) is 8.52. The van der Waals surface area contributed by atoms with Crippen molar-refractivity contribution in [2.45, 2.75) is 6.04 Å². The molecule has 0 spiro atoms. The van der Waals surface area contributed by atoms with Crippen LogP contribution in [0.1, 0.15) is 11.7 Å². The Labute approximate surface area is 84.5 Å². The van der Waals surface area contributed by atoms with Crippen molar-refractivity contribution < 1.29 is 5.11 Å². The first-order valence-corrected chi connectivity index (χ1v) is 4.45. The van der Waals surface area contributed by atoms with E-state index >= 15 is 0 Å².